The van der Waals surface area contributed by atoms with Gasteiger partial charge in [0.15, 0.2) is 0 Å². The van der Waals surface area contributed by atoms with Crippen LogP contribution >= 0.6 is 11.6 Å². The predicted molar refractivity (Wildman–Crippen MR) is 134 cm³/mol. The number of hydrogen-bond donors (Lipinski definition) is 2. The van der Waals surface area contributed by atoms with Crippen LogP contribution in [0.5, 0.6) is 5.75 Å². The molecule has 1 aliphatic carbocycles. The van der Waals surface area contributed by atoms with Gasteiger partial charge in [0.2, 0.25) is 11.8 Å². The van der Waals surface area contributed by atoms with Crippen molar-refractivity contribution in [3.8, 4) is 5.75 Å². The highest BCUT2D eigenvalue weighted by molar-refractivity contribution is 6.30. The first-order valence-electron chi connectivity index (χ1n) is 11.6. The molecule has 192 valence electrons. The average molecular weight is 516 g/mol. The molecule has 0 saturated carbocycles. The third kappa shape index (κ3) is 6.54. The molecular formula is C26H30ClN3O6. The Morgan fingerprint density at radius 1 is 1.28 bits per heavy atom. The van der Waals surface area contributed by atoms with Gasteiger partial charge >= 0.3 is 12.0 Å². The number of halogens is 1. The number of benzene rings is 1. The second-order valence-electron chi connectivity index (χ2n) is 8.45. The Balaban J connectivity index is 1.76. The standard InChI is InChI=1S/C26H30ClN3O6/c1-4-21(16-6-5-7-17(9-8-16)25(33)36-3)29-26(34)30-15-23(31)28-14-19(24(30)32)12-18-13-20(27)10-11-22(18)35-2/h5-8,10-11,13,19,21H,4,9,12,14-15H2,1-3H3,(H,28,31)(H,29,34)/t19?,21-/m1/s1. The maximum Gasteiger partial charge on any atom is 0.334 e. The lowest BCUT2D eigenvalue weighted by atomic mass is 9.97. The number of carbonyl (C=O) groups excluding carboxylic acids is 4. The quantitative estimate of drug-likeness (QED) is 0.540. The molecule has 0 radical (unpaired) electrons. The van der Waals surface area contributed by atoms with E-state index in [0.717, 1.165) is 10.5 Å². The van der Waals surface area contributed by atoms with E-state index in [1.807, 2.05) is 13.0 Å². The first-order valence-corrected chi connectivity index (χ1v) is 12.0. The van der Waals surface area contributed by atoms with Gasteiger partial charge in [-0.2, -0.15) is 0 Å². The summed E-state index contributed by atoms with van der Waals surface area (Å²) in [6.45, 7) is 1.60. The zero-order valence-electron chi connectivity index (χ0n) is 20.5. The summed E-state index contributed by atoms with van der Waals surface area (Å²) in [6, 6.07) is 4.02. The molecule has 2 aliphatic rings. The predicted octanol–water partition coefficient (Wildman–Crippen LogP) is 2.94. The molecule has 1 aromatic carbocycles. The maximum absolute atomic E-state index is 13.4. The van der Waals surface area contributed by atoms with Crippen LogP contribution in [0.25, 0.3) is 0 Å². The number of rotatable bonds is 7. The van der Waals surface area contributed by atoms with E-state index in [0.29, 0.717) is 34.8 Å². The van der Waals surface area contributed by atoms with Gasteiger partial charge in [-0.1, -0.05) is 42.8 Å². The zero-order chi connectivity index (χ0) is 26.2. The van der Waals surface area contributed by atoms with Gasteiger partial charge in [-0.3, -0.25) is 14.5 Å². The molecule has 2 atom stereocenters. The van der Waals surface area contributed by atoms with Gasteiger partial charge in [0.05, 0.1) is 26.2 Å². The van der Waals surface area contributed by atoms with E-state index >= 15 is 0 Å². The summed E-state index contributed by atoms with van der Waals surface area (Å²) in [7, 11) is 2.84. The van der Waals surface area contributed by atoms with Crippen LogP contribution in [0.3, 0.4) is 0 Å². The minimum Gasteiger partial charge on any atom is -0.496 e. The zero-order valence-corrected chi connectivity index (χ0v) is 21.3. The molecule has 9 nitrogen and oxygen atoms in total. The Morgan fingerprint density at radius 3 is 2.75 bits per heavy atom. The fraction of sp³-hybridized carbons (Fsp3) is 0.385. The second-order valence-corrected chi connectivity index (χ2v) is 8.88. The summed E-state index contributed by atoms with van der Waals surface area (Å²) in [4.78, 5) is 51.8. The summed E-state index contributed by atoms with van der Waals surface area (Å²) in [5.41, 5.74) is 1.98. The lowest BCUT2D eigenvalue weighted by molar-refractivity contribution is -0.136. The van der Waals surface area contributed by atoms with Crippen molar-refractivity contribution in [3.05, 3.63) is 64.2 Å². The number of imide groups is 1. The summed E-state index contributed by atoms with van der Waals surface area (Å²) < 4.78 is 10.2. The fourth-order valence-corrected chi connectivity index (χ4v) is 4.35. The highest BCUT2D eigenvalue weighted by Crippen LogP contribution is 2.26. The molecular weight excluding hydrogens is 486 g/mol. The van der Waals surface area contributed by atoms with Crippen molar-refractivity contribution in [1.29, 1.82) is 0 Å². The molecule has 36 heavy (non-hydrogen) atoms. The molecule has 4 amide bonds. The van der Waals surface area contributed by atoms with Gasteiger partial charge in [0.25, 0.3) is 0 Å². The molecule has 1 unspecified atom stereocenters. The van der Waals surface area contributed by atoms with Gasteiger partial charge < -0.3 is 20.1 Å². The van der Waals surface area contributed by atoms with E-state index in [-0.39, 0.29) is 19.5 Å². The molecule has 2 N–H and O–H groups in total. The molecule has 10 heteroatoms. The van der Waals surface area contributed by atoms with Crippen molar-refractivity contribution in [2.24, 2.45) is 5.92 Å². The lowest BCUT2D eigenvalue weighted by Crippen LogP contribution is -2.50. The minimum atomic E-state index is -0.682. The normalized spacial score (nSPS) is 18.8. The van der Waals surface area contributed by atoms with Crippen LogP contribution in [0, 0.1) is 5.92 Å². The number of nitrogens with one attached hydrogen (secondary N) is 2. The summed E-state index contributed by atoms with van der Waals surface area (Å²) in [5.74, 6) is -1.43. The number of ether oxygens (including phenoxy) is 2. The Bertz CT molecular complexity index is 1130. The molecule has 0 spiro atoms. The van der Waals surface area contributed by atoms with Crippen LogP contribution in [0.15, 0.2) is 53.6 Å². The number of hydrogen-bond acceptors (Lipinski definition) is 6. The van der Waals surface area contributed by atoms with Crippen molar-refractivity contribution in [1.82, 2.24) is 15.5 Å². The summed E-state index contributed by atoms with van der Waals surface area (Å²) >= 11 is 6.13. The highest BCUT2D eigenvalue weighted by atomic mass is 35.5. The van der Waals surface area contributed by atoms with E-state index in [2.05, 4.69) is 10.6 Å². The van der Waals surface area contributed by atoms with Crippen LogP contribution in [0.1, 0.15) is 25.3 Å². The number of methoxy groups -OCH3 is 2. The monoisotopic (exact) mass is 515 g/mol. The Kier molecular flexibility index (Phi) is 9.30. The molecule has 0 aromatic heterocycles. The maximum atomic E-state index is 13.4. The van der Waals surface area contributed by atoms with Crippen LogP contribution in [0.2, 0.25) is 5.02 Å². The van der Waals surface area contributed by atoms with E-state index in [1.165, 1.54) is 14.2 Å². The van der Waals surface area contributed by atoms with E-state index in [1.54, 1.807) is 36.4 Å². The van der Waals surface area contributed by atoms with Gasteiger partial charge in [-0.15, -0.1) is 0 Å². The SMILES string of the molecule is CC[C@@H](NC(=O)N1CC(=O)NCC(Cc2cc(Cl)ccc2OC)C1=O)C1=CCC(C(=O)OC)=CC=C1. The number of allylic oxidation sites excluding steroid dienone is 3. The average Bonchev–Trinajstić information content (AvgIpc) is 3.20. The molecule has 0 bridgehead atoms. The van der Waals surface area contributed by atoms with Crippen molar-refractivity contribution in [2.45, 2.75) is 32.2 Å². The molecule has 1 fully saturated rings. The third-order valence-corrected chi connectivity index (χ3v) is 6.35. The van der Waals surface area contributed by atoms with E-state index < -0.39 is 35.8 Å². The molecule has 1 saturated heterocycles. The smallest absolute Gasteiger partial charge is 0.334 e. The molecule has 1 aliphatic heterocycles. The van der Waals surface area contributed by atoms with Crippen LogP contribution in [-0.2, 0) is 25.5 Å². The fourth-order valence-electron chi connectivity index (χ4n) is 4.15. The number of carbonyl (C=O) groups is 4. The first-order chi connectivity index (χ1) is 17.3. The van der Waals surface area contributed by atoms with Crippen molar-refractivity contribution in [3.63, 3.8) is 0 Å². The van der Waals surface area contributed by atoms with Crippen LogP contribution in [0.4, 0.5) is 4.79 Å². The van der Waals surface area contributed by atoms with Crippen LogP contribution < -0.4 is 15.4 Å². The molecule has 1 heterocycles. The Morgan fingerprint density at radius 2 is 2.06 bits per heavy atom. The van der Waals surface area contributed by atoms with Gasteiger partial charge in [0, 0.05) is 17.1 Å². The van der Waals surface area contributed by atoms with Gasteiger partial charge in [-0.05, 0) is 48.6 Å². The number of amides is 4. The number of urea groups is 1. The summed E-state index contributed by atoms with van der Waals surface area (Å²) in [5, 5.41) is 6.07. The summed E-state index contributed by atoms with van der Waals surface area (Å²) in [6.07, 6.45) is 8.14. The molecule has 1 aromatic rings. The lowest BCUT2D eigenvalue weighted by Gasteiger charge is -2.26. The topological polar surface area (TPSA) is 114 Å². The minimum absolute atomic E-state index is 0.0875. The van der Waals surface area contributed by atoms with E-state index in [9.17, 15) is 19.2 Å². The Labute approximate surface area is 215 Å². The first kappa shape index (κ1) is 27.0. The Hall–Kier alpha value is -3.59. The van der Waals surface area contributed by atoms with Crippen molar-refractivity contribution in [2.75, 3.05) is 27.3 Å². The van der Waals surface area contributed by atoms with Crippen LogP contribution in [-0.4, -0.2) is 62.1 Å². The van der Waals surface area contributed by atoms with Gasteiger partial charge in [-0.25, -0.2) is 9.59 Å². The largest absolute Gasteiger partial charge is 0.496 e. The van der Waals surface area contributed by atoms with Gasteiger partial charge in [0.1, 0.15) is 12.3 Å². The highest BCUT2D eigenvalue weighted by Gasteiger charge is 2.35. The van der Waals surface area contributed by atoms with E-state index in [4.69, 9.17) is 21.1 Å². The van der Waals surface area contributed by atoms with Crippen molar-refractivity contribution >= 4 is 35.4 Å². The van der Waals surface area contributed by atoms with Crippen molar-refractivity contribution < 1.29 is 28.7 Å². The second kappa shape index (κ2) is 12.4. The molecule has 3 rings (SSSR count). The number of esters is 1. The third-order valence-electron chi connectivity index (χ3n) is 6.12. The number of nitrogens with zero attached hydrogens (tertiary/aromatic N) is 1.